The van der Waals surface area contributed by atoms with Crippen molar-refractivity contribution in [1.29, 1.82) is 0 Å². The molecule has 1 heterocycles. The maximum Gasteiger partial charge on any atom is 0.410 e. The first kappa shape index (κ1) is 49.2. The molecule has 67 heavy (non-hydrogen) atoms. The Morgan fingerprint density at radius 3 is 2.37 bits per heavy atom. The van der Waals surface area contributed by atoms with Crippen molar-refractivity contribution in [3.05, 3.63) is 154 Å². The summed E-state index contributed by atoms with van der Waals surface area (Å²) in [6, 6.07) is 31.2. The number of fused-ring (bicyclic) bond motifs is 2. The molecule has 0 aromatic heterocycles. The average Bonchev–Trinajstić information content (AvgIpc) is 3.35. The zero-order valence-corrected chi connectivity index (χ0v) is 39.1. The van der Waals surface area contributed by atoms with Crippen LogP contribution in [0.4, 0.5) is 10.5 Å². The molecule has 0 unspecified atom stereocenters. The van der Waals surface area contributed by atoms with Crippen LogP contribution in [0.15, 0.2) is 137 Å². The molecule has 2 N–H and O–H groups in total. The molecule has 7 rings (SSSR count). The monoisotopic (exact) mass is 933 g/mol. The van der Waals surface area contributed by atoms with E-state index in [4.69, 9.17) is 28.9 Å². The van der Waals surface area contributed by atoms with E-state index in [-0.39, 0.29) is 62.9 Å². The highest BCUT2D eigenvalue weighted by atomic mass is 32.2. The van der Waals surface area contributed by atoms with Crippen LogP contribution in [0, 0.1) is 27.9 Å². The van der Waals surface area contributed by atoms with Gasteiger partial charge in [0.25, 0.3) is 5.69 Å². The number of carbonyl (C=O) groups excluding carboxylic acids is 1. The molecule has 13 nitrogen and oxygen atoms in total. The number of amides is 1. The molecular weight excluding hydrogens is 871 g/mol. The number of nitro benzene ring substituents is 1. The quantitative estimate of drug-likeness (QED) is 0.0214. The Bertz CT molecular complexity index is 2290. The molecular formula is C53H63N3O10S. The molecule has 1 aliphatic heterocycles. The molecule has 14 heteroatoms. The molecule has 1 fully saturated rings. The van der Waals surface area contributed by atoms with Gasteiger partial charge in [-0.2, -0.15) is 0 Å². The molecule has 4 aromatic rings. The standard InChI is InChI=1S/C53H63N3O10S/c1-3-27-55(52(59)63-36-38-15-7-5-8-16-38)49-35-47(54-65-37-39-21-23-41(24-22-39)56(60)61)45-33-40(17-11-13-28-57)44(20-12-14-29-58)50-46-34-42(62-31-32-67-43-18-9-6-10-19-43)25-26-48(46)66-53(49,51(45)50)64-30-4-2/h4-10,15-16,18-19,21-26,33-34,40,44,49-51,57-58H,2-3,11-14,17,20,27-32,35-37H2,1H3/t40-,44+,49-,50+,51+,53+/m0/s1. The fraction of sp³-hybridized carbons (Fsp3) is 0.434. The van der Waals surface area contributed by atoms with Gasteiger partial charge in [0.1, 0.15) is 30.8 Å². The second-order valence-corrected chi connectivity index (χ2v) is 18.4. The van der Waals surface area contributed by atoms with Crippen LogP contribution in [0.1, 0.15) is 80.9 Å². The van der Waals surface area contributed by atoms with Crippen LogP contribution in [0.3, 0.4) is 0 Å². The van der Waals surface area contributed by atoms with Crippen molar-refractivity contribution in [2.45, 2.75) is 94.1 Å². The van der Waals surface area contributed by atoms with Crippen LogP contribution in [0.2, 0.25) is 0 Å². The number of rotatable bonds is 25. The summed E-state index contributed by atoms with van der Waals surface area (Å²) in [5, 5.41) is 36.3. The minimum absolute atomic E-state index is 0.0207. The number of allylic oxidation sites excluding steroid dienone is 1. The third kappa shape index (κ3) is 12.1. The first-order chi connectivity index (χ1) is 32.8. The lowest BCUT2D eigenvalue weighted by molar-refractivity contribution is -0.384. The van der Waals surface area contributed by atoms with E-state index >= 15 is 0 Å². The predicted molar refractivity (Wildman–Crippen MR) is 259 cm³/mol. The zero-order chi connectivity index (χ0) is 47.0. The number of aliphatic hydroxyl groups is 2. The summed E-state index contributed by atoms with van der Waals surface area (Å²) >= 11 is 1.73. The minimum atomic E-state index is -1.45. The van der Waals surface area contributed by atoms with Crippen molar-refractivity contribution in [2.75, 3.05) is 38.7 Å². The Morgan fingerprint density at radius 1 is 0.955 bits per heavy atom. The van der Waals surface area contributed by atoms with Crippen LogP contribution in [-0.4, -0.2) is 82.4 Å². The van der Waals surface area contributed by atoms with Crippen molar-refractivity contribution < 1.29 is 43.7 Å². The highest BCUT2D eigenvalue weighted by Gasteiger charge is 2.65. The number of oxime groups is 1. The number of non-ortho nitro benzene ring substituents is 1. The van der Waals surface area contributed by atoms with Crippen LogP contribution < -0.4 is 9.47 Å². The number of unbranched alkanes of at least 4 members (excludes halogenated alkanes) is 2. The third-order valence-electron chi connectivity index (χ3n) is 12.8. The van der Waals surface area contributed by atoms with E-state index < -0.39 is 28.8 Å². The normalized spacial score (nSPS) is 22.1. The van der Waals surface area contributed by atoms with Gasteiger partial charge >= 0.3 is 6.09 Å². The highest BCUT2D eigenvalue weighted by Crippen LogP contribution is 2.62. The van der Waals surface area contributed by atoms with Crippen LogP contribution in [0.25, 0.3) is 0 Å². The Labute approximate surface area is 397 Å². The molecule has 6 atom stereocenters. The molecule has 2 aliphatic carbocycles. The van der Waals surface area contributed by atoms with Gasteiger partial charge in [0.05, 0.1) is 29.8 Å². The molecule has 0 bridgehead atoms. The first-order valence-electron chi connectivity index (χ1n) is 23.5. The van der Waals surface area contributed by atoms with E-state index in [9.17, 15) is 25.1 Å². The summed E-state index contributed by atoms with van der Waals surface area (Å²) in [6.45, 7) is 7.28. The van der Waals surface area contributed by atoms with Crippen LogP contribution in [-0.2, 0) is 27.5 Å². The summed E-state index contributed by atoms with van der Waals surface area (Å²) in [7, 11) is 0. The van der Waals surface area contributed by atoms with Crippen LogP contribution in [0.5, 0.6) is 11.5 Å². The molecule has 1 saturated carbocycles. The number of benzene rings is 4. The molecule has 0 radical (unpaired) electrons. The summed E-state index contributed by atoms with van der Waals surface area (Å²) in [5.41, 5.74) is 4.03. The lowest BCUT2D eigenvalue weighted by atomic mass is 9.55. The van der Waals surface area contributed by atoms with Gasteiger partial charge in [0.15, 0.2) is 0 Å². The second kappa shape index (κ2) is 24.4. The Balaban J connectivity index is 1.35. The maximum absolute atomic E-state index is 14.6. The van der Waals surface area contributed by atoms with Crippen molar-refractivity contribution in [2.24, 2.45) is 22.9 Å². The van der Waals surface area contributed by atoms with E-state index in [0.29, 0.717) is 55.2 Å². The molecule has 4 aromatic carbocycles. The third-order valence-corrected chi connectivity index (χ3v) is 13.8. The van der Waals surface area contributed by atoms with Crippen molar-refractivity contribution in [3.8, 4) is 11.5 Å². The first-order valence-corrected chi connectivity index (χ1v) is 24.5. The van der Waals surface area contributed by atoms with Gasteiger partial charge in [-0.1, -0.05) is 85.6 Å². The second-order valence-electron chi connectivity index (χ2n) is 17.2. The number of hydrogen-bond acceptors (Lipinski definition) is 12. The van der Waals surface area contributed by atoms with E-state index in [1.165, 1.54) is 17.0 Å². The molecule has 0 saturated heterocycles. The smallest absolute Gasteiger partial charge is 0.410 e. The van der Waals surface area contributed by atoms with Crippen LogP contribution >= 0.6 is 11.8 Å². The largest absolute Gasteiger partial charge is 0.493 e. The fourth-order valence-corrected chi connectivity index (χ4v) is 10.6. The molecule has 0 spiro atoms. The number of nitro groups is 1. The number of aliphatic hydroxyl groups excluding tert-OH is 2. The van der Waals surface area contributed by atoms with Crippen molar-refractivity contribution >= 4 is 29.3 Å². The molecule has 356 valence electrons. The number of nitrogens with zero attached hydrogens (tertiary/aromatic N) is 3. The number of ether oxygens (including phenoxy) is 4. The van der Waals surface area contributed by atoms with Gasteiger partial charge in [-0.05, 0) is 103 Å². The Morgan fingerprint density at radius 2 is 1.67 bits per heavy atom. The topological polar surface area (TPSA) is 162 Å². The molecule has 1 amide bonds. The van der Waals surface area contributed by atoms with Gasteiger partial charge in [-0.3, -0.25) is 15.0 Å². The fourth-order valence-electron chi connectivity index (χ4n) is 9.89. The zero-order valence-electron chi connectivity index (χ0n) is 38.3. The number of carbonyl (C=O) groups is 1. The highest BCUT2D eigenvalue weighted by molar-refractivity contribution is 7.99. The summed E-state index contributed by atoms with van der Waals surface area (Å²) in [5.74, 6) is -0.0381. The summed E-state index contributed by atoms with van der Waals surface area (Å²) < 4.78 is 27.0. The summed E-state index contributed by atoms with van der Waals surface area (Å²) in [4.78, 5) is 34.7. The molecule has 3 aliphatic rings. The van der Waals surface area contributed by atoms with Gasteiger partial charge in [0, 0.05) is 60.4 Å². The SMILES string of the molecule is C=CCO[C@@]12Oc3ccc(OCCSc4ccccc4)cc3[C@H]3[C@H](CCCCO)[C@@H](CCCCO)C=C(C(=NOCc4ccc([N+](=O)[O-])cc4)C[C@@H]1N(CCC)C(=O)OCc1ccccc1)[C@H]32. The lowest BCUT2D eigenvalue weighted by Gasteiger charge is -2.59. The average molecular weight is 934 g/mol. The van der Waals surface area contributed by atoms with Gasteiger partial charge in [-0.15, -0.1) is 18.3 Å². The predicted octanol–water partition coefficient (Wildman–Crippen LogP) is 10.6. The maximum atomic E-state index is 14.6. The van der Waals surface area contributed by atoms with Gasteiger partial charge in [-0.25, -0.2) is 4.79 Å². The lowest BCUT2D eigenvalue weighted by Crippen LogP contribution is -2.70. The Kier molecular flexibility index (Phi) is 17.9. The number of hydrogen-bond donors (Lipinski definition) is 2. The van der Waals surface area contributed by atoms with Crippen molar-refractivity contribution in [1.82, 2.24) is 4.90 Å². The van der Waals surface area contributed by atoms with E-state index in [1.807, 2.05) is 67.6 Å². The van der Waals surface area contributed by atoms with E-state index in [1.54, 1.807) is 34.9 Å². The van der Waals surface area contributed by atoms with Gasteiger partial charge in [0.2, 0.25) is 5.79 Å². The van der Waals surface area contributed by atoms with E-state index in [0.717, 1.165) is 48.1 Å². The van der Waals surface area contributed by atoms with Gasteiger partial charge < -0.3 is 34.0 Å². The summed E-state index contributed by atoms with van der Waals surface area (Å²) in [6.07, 6.45) is 8.75. The van der Waals surface area contributed by atoms with E-state index in [2.05, 4.69) is 30.9 Å². The van der Waals surface area contributed by atoms with Crippen molar-refractivity contribution in [3.63, 3.8) is 0 Å². The Hall–Kier alpha value is -5.67. The minimum Gasteiger partial charge on any atom is -0.493 e. The number of thioether (sulfide) groups is 1.